The van der Waals surface area contributed by atoms with Gasteiger partial charge in [-0.05, 0) is 30.4 Å². The third kappa shape index (κ3) is 5.55. The van der Waals surface area contributed by atoms with Crippen molar-refractivity contribution in [3.05, 3.63) is 35.4 Å². The molecule has 1 aromatic rings. The van der Waals surface area contributed by atoms with E-state index in [0.29, 0.717) is 39.0 Å². The number of benzene rings is 1. The fourth-order valence-electron chi connectivity index (χ4n) is 3.64. The second-order valence-electron chi connectivity index (χ2n) is 7.24. The molecule has 1 fully saturated rings. The standard InChI is InChI=1S/C20H27N3O3S/c1-27(25,26)23-14-9-18(10-15-23)20(24)21-11-4-5-12-22-13-8-17-6-2-3-7-19(17)16-22/h2-3,6-7,18H,8-16H2,1H3,(H,21,24). The summed E-state index contributed by atoms with van der Waals surface area (Å²) >= 11 is 0. The van der Waals surface area contributed by atoms with Crippen molar-refractivity contribution >= 4 is 15.9 Å². The van der Waals surface area contributed by atoms with Crippen LogP contribution in [0.25, 0.3) is 0 Å². The zero-order valence-corrected chi connectivity index (χ0v) is 16.6. The summed E-state index contributed by atoms with van der Waals surface area (Å²) in [5.41, 5.74) is 2.80. The molecule has 0 unspecified atom stereocenters. The maximum absolute atomic E-state index is 12.2. The van der Waals surface area contributed by atoms with E-state index in [4.69, 9.17) is 0 Å². The molecule has 0 saturated carbocycles. The van der Waals surface area contributed by atoms with Gasteiger partial charge in [-0.2, -0.15) is 0 Å². The van der Waals surface area contributed by atoms with Gasteiger partial charge in [0.1, 0.15) is 0 Å². The van der Waals surface area contributed by atoms with Gasteiger partial charge in [0.05, 0.1) is 19.3 Å². The van der Waals surface area contributed by atoms with Crippen LogP contribution >= 0.6 is 0 Å². The number of piperidine rings is 1. The Morgan fingerprint density at radius 2 is 1.85 bits per heavy atom. The monoisotopic (exact) mass is 389 g/mol. The molecule has 0 radical (unpaired) electrons. The highest BCUT2D eigenvalue weighted by atomic mass is 32.2. The van der Waals surface area contributed by atoms with Crippen molar-refractivity contribution in [2.75, 3.05) is 39.0 Å². The Hall–Kier alpha value is -1.88. The van der Waals surface area contributed by atoms with Crippen molar-refractivity contribution in [3.8, 4) is 11.8 Å². The topological polar surface area (TPSA) is 69.7 Å². The molecule has 0 aromatic heterocycles. The van der Waals surface area contributed by atoms with Crippen molar-refractivity contribution in [2.24, 2.45) is 5.92 Å². The predicted octanol–water partition coefficient (Wildman–Crippen LogP) is 0.836. The molecule has 146 valence electrons. The van der Waals surface area contributed by atoms with Gasteiger partial charge < -0.3 is 5.32 Å². The Labute approximate surface area is 162 Å². The SMILES string of the molecule is CS(=O)(=O)N1CCC(C(=O)NCC#CCN2CCc3ccccc3C2)CC1. The number of sulfonamides is 1. The lowest BCUT2D eigenvalue weighted by Gasteiger charge is -2.29. The number of amides is 1. The minimum atomic E-state index is -3.15. The van der Waals surface area contributed by atoms with Crippen molar-refractivity contribution in [1.82, 2.24) is 14.5 Å². The highest BCUT2D eigenvalue weighted by Crippen LogP contribution is 2.19. The van der Waals surface area contributed by atoms with E-state index in [9.17, 15) is 13.2 Å². The number of hydrogen-bond acceptors (Lipinski definition) is 4. The Morgan fingerprint density at radius 3 is 2.56 bits per heavy atom. The first kappa shape index (κ1) is 19.9. The molecule has 27 heavy (non-hydrogen) atoms. The average Bonchev–Trinajstić information content (AvgIpc) is 2.67. The molecular weight excluding hydrogens is 362 g/mol. The highest BCUT2D eigenvalue weighted by molar-refractivity contribution is 7.88. The van der Waals surface area contributed by atoms with E-state index < -0.39 is 10.0 Å². The maximum Gasteiger partial charge on any atom is 0.223 e. The fraction of sp³-hybridized carbons (Fsp3) is 0.550. The second kappa shape index (κ2) is 8.87. The van der Waals surface area contributed by atoms with Gasteiger partial charge in [-0.15, -0.1) is 0 Å². The van der Waals surface area contributed by atoms with Gasteiger partial charge in [0, 0.05) is 32.1 Å². The molecular formula is C20H27N3O3S. The molecule has 3 rings (SSSR count). The third-order valence-electron chi connectivity index (χ3n) is 5.28. The number of hydrogen-bond donors (Lipinski definition) is 1. The zero-order valence-electron chi connectivity index (χ0n) is 15.8. The second-order valence-corrected chi connectivity index (χ2v) is 9.22. The van der Waals surface area contributed by atoms with E-state index in [1.807, 2.05) is 0 Å². The molecule has 1 amide bonds. The molecule has 1 saturated heterocycles. The van der Waals surface area contributed by atoms with E-state index in [1.54, 1.807) is 0 Å². The molecule has 2 aliphatic heterocycles. The van der Waals surface area contributed by atoms with Gasteiger partial charge in [-0.25, -0.2) is 12.7 Å². The molecule has 1 aromatic carbocycles. The van der Waals surface area contributed by atoms with Crippen LogP contribution < -0.4 is 5.32 Å². The smallest absolute Gasteiger partial charge is 0.223 e. The van der Waals surface area contributed by atoms with Crippen LogP contribution in [0.4, 0.5) is 0 Å². The summed E-state index contributed by atoms with van der Waals surface area (Å²) in [4.78, 5) is 14.5. The lowest BCUT2D eigenvalue weighted by molar-refractivity contribution is -0.125. The van der Waals surface area contributed by atoms with Crippen molar-refractivity contribution in [1.29, 1.82) is 0 Å². The van der Waals surface area contributed by atoms with Crippen molar-refractivity contribution in [2.45, 2.75) is 25.8 Å². The molecule has 0 atom stereocenters. The van der Waals surface area contributed by atoms with E-state index >= 15 is 0 Å². The summed E-state index contributed by atoms with van der Waals surface area (Å²) in [6.07, 6.45) is 3.41. The van der Waals surface area contributed by atoms with Crippen LogP contribution in [0.1, 0.15) is 24.0 Å². The zero-order chi connectivity index (χ0) is 19.3. The summed E-state index contributed by atoms with van der Waals surface area (Å²) in [5.74, 6) is 6.03. The maximum atomic E-state index is 12.2. The van der Waals surface area contributed by atoms with E-state index in [1.165, 1.54) is 21.7 Å². The molecule has 6 nitrogen and oxygen atoms in total. The van der Waals surface area contributed by atoms with Gasteiger partial charge in [-0.1, -0.05) is 36.1 Å². The lowest BCUT2D eigenvalue weighted by atomic mass is 9.97. The van der Waals surface area contributed by atoms with Crippen LogP contribution in [0.5, 0.6) is 0 Å². The number of nitrogens with one attached hydrogen (secondary N) is 1. The Balaban J connectivity index is 1.37. The molecule has 2 heterocycles. The number of carbonyl (C=O) groups is 1. The van der Waals surface area contributed by atoms with Gasteiger partial charge in [0.15, 0.2) is 0 Å². The van der Waals surface area contributed by atoms with Crippen LogP contribution in [0, 0.1) is 17.8 Å². The quantitative estimate of drug-likeness (QED) is 0.775. The molecule has 0 aliphatic carbocycles. The van der Waals surface area contributed by atoms with Gasteiger partial charge in [-0.3, -0.25) is 9.69 Å². The van der Waals surface area contributed by atoms with Crippen LogP contribution in [0.2, 0.25) is 0 Å². The average molecular weight is 390 g/mol. The summed E-state index contributed by atoms with van der Waals surface area (Å²) in [6.45, 7) is 3.82. The largest absolute Gasteiger partial charge is 0.345 e. The predicted molar refractivity (Wildman–Crippen MR) is 105 cm³/mol. The summed E-state index contributed by atoms with van der Waals surface area (Å²) in [7, 11) is -3.15. The lowest BCUT2D eigenvalue weighted by Crippen LogP contribution is -2.42. The normalized spacial score (nSPS) is 19.0. The molecule has 2 aliphatic rings. The minimum Gasteiger partial charge on any atom is -0.345 e. The molecule has 7 heteroatoms. The van der Waals surface area contributed by atoms with Crippen LogP contribution in [-0.2, 0) is 27.8 Å². The van der Waals surface area contributed by atoms with Crippen LogP contribution in [0.15, 0.2) is 24.3 Å². The summed E-state index contributed by atoms with van der Waals surface area (Å²) < 4.78 is 24.5. The minimum absolute atomic E-state index is 0.0237. The van der Waals surface area contributed by atoms with Gasteiger partial charge in [0.2, 0.25) is 15.9 Å². The third-order valence-corrected chi connectivity index (χ3v) is 6.59. The number of fused-ring (bicyclic) bond motifs is 1. The van der Waals surface area contributed by atoms with Gasteiger partial charge in [0.25, 0.3) is 0 Å². The number of rotatable bonds is 4. The fourth-order valence-corrected chi connectivity index (χ4v) is 4.52. The van der Waals surface area contributed by atoms with Crippen molar-refractivity contribution < 1.29 is 13.2 Å². The Bertz CT molecular complexity index is 834. The molecule has 0 spiro atoms. The van der Waals surface area contributed by atoms with Crippen molar-refractivity contribution in [3.63, 3.8) is 0 Å². The number of nitrogens with zero attached hydrogens (tertiary/aromatic N) is 2. The summed E-state index contributed by atoms with van der Waals surface area (Å²) in [6, 6.07) is 8.52. The van der Waals surface area contributed by atoms with E-state index in [-0.39, 0.29) is 11.8 Å². The van der Waals surface area contributed by atoms with Crippen LogP contribution in [0.3, 0.4) is 0 Å². The first-order valence-electron chi connectivity index (χ1n) is 9.41. The Morgan fingerprint density at radius 1 is 1.15 bits per heavy atom. The Kier molecular flexibility index (Phi) is 6.53. The van der Waals surface area contributed by atoms with E-state index in [0.717, 1.165) is 19.5 Å². The highest BCUT2D eigenvalue weighted by Gasteiger charge is 2.28. The molecule has 1 N–H and O–H groups in total. The summed E-state index contributed by atoms with van der Waals surface area (Å²) in [5, 5.41) is 2.86. The first-order valence-corrected chi connectivity index (χ1v) is 11.3. The van der Waals surface area contributed by atoms with Gasteiger partial charge >= 0.3 is 0 Å². The molecule has 0 bridgehead atoms. The van der Waals surface area contributed by atoms with E-state index in [2.05, 4.69) is 46.3 Å². The first-order chi connectivity index (χ1) is 12.9. The number of carbonyl (C=O) groups excluding carboxylic acids is 1. The van der Waals surface area contributed by atoms with Crippen LogP contribution in [-0.4, -0.2) is 62.5 Å².